The van der Waals surface area contributed by atoms with Crippen molar-refractivity contribution in [3.05, 3.63) is 65.5 Å². The zero-order valence-corrected chi connectivity index (χ0v) is 20.0. The molecule has 4 aromatic rings. The SMILES string of the molecule is Cc1ccc(-n2nccn2)c(C(=O)N2CCCC(C)C2CNc2nc3cc(C)ccc3s2)c1. The van der Waals surface area contributed by atoms with Gasteiger partial charge in [-0.1, -0.05) is 36.0 Å². The molecule has 0 bridgehead atoms. The van der Waals surface area contributed by atoms with E-state index < -0.39 is 0 Å². The molecule has 1 amide bonds. The van der Waals surface area contributed by atoms with E-state index in [1.807, 2.05) is 30.0 Å². The van der Waals surface area contributed by atoms with Crippen molar-refractivity contribution in [2.75, 3.05) is 18.4 Å². The minimum absolute atomic E-state index is 0.0317. The Morgan fingerprint density at radius 2 is 1.88 bits per heavy atom. The smallest absolute Gasteiger partial charge is 0.256 e. The number of fused-ring (bicyclic) bond motifs is 1. The van der Waals surface area contributed by atoms with Gasteiger partial charge in [-0.2, -0.15) is 15.0 Å². The molecule has 5 rings (SSSR count). The van der Waals surface area contributed by atoms with Crippen molar-refractivity contribution < 1.29 is 4.79 Å². The average molecular weight is 461 g/mol. The van der Waals surface area contributed by atoms with E-state index in [-0.39, 0.29) is 11.9 Å². The largest absolute Gasteiger partial charge is 0.359 e. The number of rotatable bonds is 5. The van der Waals surface area contributed by atoms with Crippen molar-refractivity contribution in [2.45, 2.75) is 39.7 Å². The highest BCUT2D eigenvalue weighted by atomic mass is 32.1. The molecule has 2 aromatic carbocycles. The molecule has 0 aliphatic carbocycles. The van der Waals surface area contributed by atoms with Gasteiger partial charge in [0.2, 0.25) is 0 Å². The minimum atomic E-state index is 0.0317. The first-order valence-corrected chi connectivity index (χ1v) is 12.2. The third kappa shape index (κ3) is 4.35. The van der Waals surface area contributed by atoms with Crippen LogP contribution in [0.5, 0.6) is 0 Å². The predicted molar refractivity (Wildman–Crippen MR) is 132 cm³/mol. The van der Waals surface area contributed by atoms with Gasteiger partial charge in [-0.3, -0.25) is 4.79 Å². The van der Waals surface area contributed by atoms with E-state index in [4.69, 9.17) is 4.98 Å². The number of likely N-dealkylation sites (tertiary alicyclic amines) is 1. The van der Waals surface area contributed by atoms with Crippen molar-refractivity contribution in [2.24, 2.45) is 5.92 Å². The lowest BCUT2D eigenvalue weighted by molar-refractivity contribution is 0.0539. The summed E-state index contributed by atoms with van der Waals surface area (Å²) >= 11 is 1.66. The molecule has 1 N–H and O–H groups in total. The number of benzene rings is 2. The summed E-state index contributed by atoms with van der Waals surface area (Å²) in [6.45, 7) is 7.74. The van der Waals surface area contributed by atoms with Crippen LogP contribution in [0.1, 0.15) is 41.3 Å². The molecule has 8 heteroatoms. The van der Waals surface area contributed by atoms with Crippen LogP contribution in [0.3, 0.4) is 0 Å². The highest BCUT2D eigenvalue weighted by Crippen LogP contribution is 2.30. The van der Waals surface area contributed by atoms with Crippen LogP contribution in [0.2, 0.25) is 0 Å². The van der Waals surface area contributed by atoms with Gasteiger partial charge in [0.1, 0.15) is 0 Å². The molecule has 0 saturated carbocycles. The lowest BCUT2D eigenvalue weighted by Gasteiger charge is -2.40. The summed E-state index contributed by atoms with van der Waals surface area (Å²) in [5.41, 5.74) is 4.61. The van der Waals surface area contributed by atoms with Crippen LogP contribution < -0.4 is 5.32 Å². The molecule has 33 heavy (non-hydrogen) atoms. The molecule has 170 valence electrons. The molecular formula is C25H28N6OS. The maximum absolute atomic E-state index is 13.8. The van der Waals surface area contributed by atoms with Crippen LogP contribution in [-0.4, -0.2) is 49.9 Å². The topological polar surface area (TPSA) is 75.9 Å². The Kier molecular flexibility index (Phi) is 5.85. The van der Waals surface area contributed by atoms with E-state index in [2.05, 4.69) is 47.6 Å². The average Bonchev–Trinajstić information content (AvgIpc) is 3.47. The molecule has 1 aliphatic heterocycles. The zero-order chi connectivity index (χ0) is 22.9. The summed E-state index contributed by atoms with van der Waals surface area (Å²) in [6.07, 6.45) is 5.37. The van der Waals surface area contributed by atoms with Gasteiger partial charge in [0.25, 0.3) is 5.91 Å². The standard InChI is InChI=1S/C25H28N6OS/c1-16-6-8-21(31-27-10-11-28-31)19(13-16)24(32)30-12-4-5-18(3)22(30)15-26-25-29-20-14-17(2)7-9-23(20)33-25/h6-11,13-14,18,22H,4-5,12,15H2,1-3H3,(H,26,29). The molecule has 2 atom stereocenters. The fourth-order valence-corrected chi connectivity index (χ4v) is 5.46. The molecule has 2 unspecified atom stereocenters. The Hall–Kier alpha value is -3.26. The molecule has 2 aromatic heterocycles. The van der Waals surface area contributed by atoms with Gasteiger partial charge in [-0.15, -0.1) is 0 Å². The van der Waals surface area contributed by atoms with Crippen LogP contribution in [0.4, 0.5) is 5.13 Å². The van der Waals surface area contributed by atoms with Crippen LogP contribution >= 0.6 is 11.3 Å². The van der Waals surface area contributed by atoms with E-state index in [1.54, 1.807) is 23.7 Å². The second-order valence-corrected chi connectivity index (χ2v) is 9.93. The summed E-state index contributed by atoms with van der Waals surface area (Å²) in [5, 5.41) is 12.9. The van der Waals surface area contributed by atoms with Crippen LogP contribution in [0.25, 0.3) is 15.9 Å². The quantitative estimate of drug-likeness (QED) is 0.461. The number of carbonyl (C=O) groups is 1. The summed E-state index contributed by atoms with van der Waals surface area (Å²) in [5.74, 6) is 0.423. The highest BCUT2D eigenvalue weighted by molar-refractivity contribution is 7.22. The van der Waals surface area contributed by atoms with Gasteiger partial charge in [0, 0.05) is 13.1 Å². The van der Waals surface area contributed by atoms with E-state index >= 15 is 0 Å². The second-order valence-electron chi connectivity index (χ2n) is 8.90. The fourth-order valence-electron chi connectivity index (χ4n) is 4.61. The number of hydrogen-bond donors (Lipinski definition) is 1. The van der Waals surface area contributed by atoms with Gasteiger partial charge in [0.15, 0.2) is 5.13 Å². The third-order valence-electron chi connectivity index (χ3n) is 6.40. The molecule has 1 fully saturated rings. The zero-order valence-electron chi connectivity index (χ0n) is 19.2. The monoisotopic (exact) mass is 460 g/mol. The molecule has 0 spiro atoms. The van der Waals surface area contributed by atoms with E-state index in [1.165, 1.54) is 15.1 Å². The maximum Gasteiger partial charge on any atom is 0.256 e. The van der Waals surface area contributed by atoms with Crippen LogP contribution in [0.15, 0.2) is 48.8 Å². The van der Waals surface area contributed by atoms with Gasteiger partial charge in [-0.05, 0) is 62.4 Å². The lowest BCUT2D eigenvalue weighted by Crippen LogP contribution is -2.51. The number of aromatic nitrogens is 4. The highest BCUT2D eigenvalue weighted by Gasteiger charge is 2.33. The second kappa shape index (κ2) is 8.94. The van der Waals surface area contributed by atoms with Crippen molar-refractivity contribution in [1.82, 2.24) is 24.9 Å². The first-order valence-electron chi connectivity index (χ1n) is 11.4. The molecule has 7 nitrogen and oxygen atoms in total. The Balaban J connectivity index is 1.40. The summed E-state index contributed by atoms with van der Waals surface area (Å²) in [6, 6.07) is 12.3. The molecule has 0 radical (unpaired) electrons. The number of amides is 1. The van der Waals surface area contributed by atoms with Crippen molar-refractivity contribution in [3.63, 3.8) is 0 Å². The number of nitrogens with zero attached hydrogens (tertiary/aromatic N) is 5. The summed E-state index contributed by atoms with van der Waals surface area (Å²) in [7, 11) is 0. The Bertz CT molecular complexity index is 1280. The number of thiazole rings is 1. The van der Waals surface area contributed by atoms with Crippen molar-refractivity contribution in [1.29, 1.82) is 0 Å². The number of nitrogens with one attached hydrogen (secondary N) is 1. The van der Waals surface area contributed by atoms with E-state index in [0.29, 0.717) is 23.7 Å². The number of piperidine rings is 1. The summed E-state index contributed by atoms with van der Waals surface area (Å²) < 4.78 is 1.17. The van der Waals surface area contributed by atoms with Crippen molar-refractivity contribution in [3.8, 4) is 5.69 Å². The van der Waals surface area contributed by atoms with Crippen LogP contribution in [0, 0.1) is 19.8 Å². The van der Waals surface area contributed by atoms with Gasteiger partial charge in [0.05, 0.1) is 39.9 Å². The number of anilines is 1. The number of hydrogen-bond acceptors (Lipinski definition) is 6. The minimum Gasteiger partial charge on any atom is -0.359 e. The fraction of sp³-hybridized carbons (Fsp3) is 0.360. The number of aryl methyl sites for hydroxylation is 2. The summed E-state index contributed by atoms with van der Waals surface area (Å²) in [4.78, 5) is 22.1. The van der Waals surface area contributed by atoms with Gasteiger partial charge >= 0.3 is 0 Å². The molecular weight excluding hydrogens is 432 g/mol. The van der Waals surface area contributed by atoms with Gasteiger partial charge in [-0.25, -0.2) is 4.98 Å². The lowest BCUT2D eigenvalue weighted by atomic mass is 9.90. The third-order valence-corrected chi connectivity index (χ3v) is 7.39. The van der Waals surface area contributed by atoms with Gasteiger partial charge < -0.3 is 10.2 Å². The maximum atomic E-state index is 13.8. The van der Waals surface area contributed by atoms with E-state index in [9.17, 15) is 4.79 Å². The Labute approximate surface area is 197 Å². The predicted octanol–water partition coefficient (Wildman–Crippen LogP) is 4.85. The molecule has 1 saturated heterocycles. The molecule has 3 heterocycles. The first-order chi connectivity index (χ1) is 16.0. The van der Waals surface area contributed by atoms with Crippen LogP contribution in [-0.2, 0) is 0 Å². The molecule has 1 aliphatic rings. The van der Waals surface area contributed by atoms with E-state index in [0.717, 1.165) is 35.6 Å². The van der Waals surface area contributed by atoms with Crippen molar-refractivity contribution >= 4 is 32.6 Å². The normalized spacial score (nSPS) is 18.6. The number of carbonyl (C=O) groups excluding carboxylic acids is 1. The Morgan fingerprint density at radius 1 is 1.12 bits per heavy atom. The Morgan fingerprint density at radius 3 is 2.70 bits per heavy atom. The first kappa shape index (κ1) is 21.6.